The summed E-state index contributed by atoms with van der Waals surface area (Å²) in [6.45, 7) is 0. The molecule has 0 amide bonds. The van der Waals surface area contributed by atoms with Gasteiger partial charge in [0.25, 0.3) is 0 Å². The molecule has 94 valence electrons. The lowest BCUT2D eigenvalue weighted by Gasteiger charge is -2.19. The summed E-state index contributed by atoms with van der Waals surface area (Å²) in [7, 11) is 1.68. The highest BCUT2D eigenvalue weighted by Crippen LogP contribution is 2.26. The lowest BCUT2D eigenvalue weighted by molar-refractivity contribution is 0.399. The second kappa shape index (κ2) is 6.19. The van der Waals surface area contributed by atoms with Gasteiger partial charge in [-0.1, -0.05) is 48.5 Å². The molecule has 2 rings (SSSR count). The Hall–Kier alpha value is -1.84. The monoisotopic (exact) mass is 242 g/mol. The van der Waals surface area contributed by atoms with Crippen molar-refractivity contribution in [1.82, 2.24) is 5.43 Å². The van der Waals surface area contributed by atoms with Crippen LogP contribution in [0.2, 0.25) is 0 Å². The van der Waals surface area contributed by atoms with Crippen LogP contribution in [0.3, 0.4) is 0 Å². The van der Waals surface area contributed by atoms with Crippen LogP contribution in [0.1, 0.15) is 17.2 Å². The van der Waals surface area contributed by atoms with Crippen molar-refractivity contribution in [1.29, 1.82) is 0 Å². The van der Waals surface area contributed by atoms with Crippen molar-refractivity contribution >= 4 is 0 Å². The predicted octanol–water partition coefficient (Wildman–Crippen LogP) is 2.44. The molecule has 0 fully saturated rings. The number of benzene rings is 2. The topological polar surface area (TPSA) is 47.3 Å². The zero-order valence-corrected chi connectivity index (χ0v) is 10.5. The summed E-state index contributed by atoms with van der Waals surface area (Å²) < 4.78 is 5.37. The Bertz CT molecular complexity index is 485. The second-order valence-corrected chi connectivity index (χ2v) is 4.15. The Morgan fingerprint density at radius 1 is 1.06 bits per heavy atom. The van der Waals surface area contributed by atoms with Crippen molar-refractivity contribution in [3.8, 4) is 5.75 Å². The number of hydrazine groups is 1. The van der Waals surface area contributed by atoms with E-state index in [1.807, 2.05) is 42.5 Å². The fraction of sp³-hybridized carbons (Fsp3) is 0.200. The summed E-state index contributed by atoms with van der Waals surface area (Å²) in [6.07, 6.45) is 0.831. The van der Waals surface area contributed by atoms with Crippen molar-refractivity contribution in [3.05, 3.63) is 65.7 Å². The summed E-state index contributed by atoms with van der Waals surface area (Å²) >= 11 is 0. The van der Waals surface area contributed by atoms with Crippen LogP contribution in [-0.2, 0) is 6.42 Å². The van der Waals surface area contributed by atoms with Crippen molar-refractivity contribution in [3.63, 3.8) is 0 Å². The third-order valence-corrected chi connectivity index (χ3v) is 3.00. The van der Waals surface area contributed by atoms with E-state index in [1.54, 1.807) is 7.11 Å². The van der Waals surface area contributed by atoms with Gasteiger partial charge in [-0.25, -0.2) is 0 Å². The second-order valence-electron chi connectivity index (χ2n) is 4.15. The first kappa shape index (κ1) is 12.6. The summed E-state index contributed by atoms with van der Waals surface area (Å²) in [6, 6.07) is 18.2. The summed E-state index contributed by atoms with van der Waals surface area (Å²) in [5, 5.41) is 0. The molecule has 2 aromatic carbocycles. The molecule has 0 saturated carbocycles. The summed E-state index contributed by atoms with van der Waals surface area (Å²) in [5.41, 5.74) is 5.18. The van der Waals surface area contributed by atoms with Crippen LogP contribution in [-0.4, -0.2) is 7.11 Å². The number of ether oxygens (including phenoxy) is 1. The fourth-order valence-electron chi connectivity index (χ4n) is 2.06. The van der Waals surface area contributed by atoms with E-state index in [1.165, 1.54) is 5.56 Å². The van der Waals surface area contributed by atoms with Crippen LogP contribution < -0.4 is 16.0 Å². The Kier molecular flexibility index (Phi) is 4.34. The lowest BCUT2D eigenvalue weighted by atomic mass is 9.98. The van der Waals surface area contributed by atoms with Crippen molar-refractivity contribution in [2.45, 2.75) is 12.5 Å². The molecule has 1 atom stereocenters. The van der Waals surface area contributed by atoms with E-state index < -0.39 is 0 Å². The third kappa shape index (κ3) is 2.88. The molecule has 0 spiro atoms. The SMILES string of the molecule is COc1ccccc1C(Cc1ccccc1)NN. The van der Waals surface area contributed by atoms with Crippen LogP contribution in [0.25, 0.3) is 0 Å². The van der Waals surface area contributed by atoms with Gasteiger partial charge in [0.2, 0.25) is 0 Å². The molecular weight excluding hydrogens is 224 g/mol. The van der Waals surface area contributed by atoms with Gasteiger partial charge in [-0.3, -0.25) is 11.3 Å². The maximum atomic E-state index is 5.67. The minimum Gasteiger partial charge on any atom is -0.496 e. The summed E-state index contributed by atoms with van der Waals surface area (Å²) in [5.74, 6) is 6.53. The molecular formula is C15H18N2O. The highest BCUT2D eigenvalue weighted by Gasteiger charge is 2.14. The molecule has 0 aliphatic rings. The number of para-hydroxylation sites is 1. The molecule has 18 heavy (non-hydrogen) atoms. The van der Waals surface area contributed by atoms with Crippen LogP contribution in [0.5, 0.6) is 5.75 Å². The first-order valence-corrected chi connectivity index (χ1v) is 5.98. The molecule has 2 aromatic rings. The van der Waals surface area contributed by atoms with Gasteiger partial charge in [-0.05, 0) is 18.1 Å². The first-order chi connectivity index (χ1) is 8.85. The summed E-state index contributed by atoms with van der Waals surface area (Å²) in [4.78, 5) is 0. The van der Waals surface area contributed by atoms with E-state index in [2.05, 4.69) is 17.6 Å². The van der Waals surface area contributed by atoms with Gasteiger partial charge in [0.15, 0.2) is 0 Å². The van der Waals surface area contributed by atoms with Gasteiger partial charge >= 0.3 is 0 Å². The Balaban J connectivity index is 2.23. The molecule has 0 aliphatic carbocycles. The number of hydrogen-bond donors (Lipinski definition) is 2. The van der Waals surface area contributed by atoms with Gasteiger partial charge in [0.1, 0.15) is 5.75 Å². The van der Waals surface area contributed by atoms with E-state index >= 15 is 0 Å². The normalized spacial score (nSPS) is 12.1. The molecule has 0 saturated heterocycles. The standard InChI is InChI=1S/C15H18N2O/c1-18-15-10-6-5-9-13(15)14(17-16)11-12-7-3-2-4-8-12/h2-10,14,17H,11,16H2,1H3. The highest BCUT2D eigenvalue weighted by atomic mass is 16.5. The van der Waals surface area contributed by atoms with Crippen molar-refractivity contribution < 1.29 is 4.74 Å². The third-order valence-electron chi connectivity index (χ3n) is 3.00. The van der Waals surface area contributed by atoms with Crippen LogP contribution in [0.4, 0.5) is 0 Å². The Labute approximate surface area is 108 Å². The number of rotatable bonds is 5. The van der Waals surface area contributed by atoms with Gasteiger partial charge in [-0.15, -0.1) is 0 Å². The minimum absolute atomic E-state index is 0.0450. The molecule has 0 heterocycles. The molecule has 3 N–H and O–H groups in total. The minimum atomic E-state index is 0.0450. The smallest absolute Gasteiger partial charge is 0.123 e. The Morgan fingerprint density at radius 2 is 1.72 bits per heavy atom. The number of nitrogens with two attached hydrogens (primary N) is 1. The van der Waals surface area contributed by atoms with Gasteiger partial charge < -0.3 is 4.74 Å². The van der Waals surface area contributed by atoms with Crippen molar-refractivity contribution in [2.24, 2.45) is 5.84 Å². The molecule has 0 bridgehead atoms. The average molecular weight is 242 g/mol. The average Bonchev–Trinajstić information content (AvgIpc) is 2.46. The number of methoxy groups -OCH3 is 1. The molecule has 3 nitrogen and oxygen atoms in total. The van der Waals surface area contributed by atoms with E-state index in [4.69, 9.17) is 10.6 Å². The fourth-order valence-corrected chi connectivity index (χ4v) is 2.06. The van der Waals surface area contributed by atoms with E-state index in [0.29, 0.717) is 0 Å². The first-order valence-electron chi connectivity index (χ1n) is 5.98. The van der Waals surface area contributed by atoms with Crippen LogP contribution in [0, 0.1) is 0 Å². The zero-order valence-electron chi connectivity index (χ0n) is 10.5. The number of hydrogen-bond acceptors (Lipinski definition) is 3. The molecule has 0 aliphatic heterocycles. The van der Waals surface area contributed by atoms with Crippen molar-refractivity contribution in [2.75, 3.05) is 7.11 Å². The van der Waals surface area contributed by atoms with E-state index in [9.17, 15) is 0 Å². The predicted molar refractivity (Wildman–Crippen MR) is 73.2 cm³/mol. The maximum Gasteiger partial charge on any atom is 0.123 e. The number of nitrogens with one attached hydrogen (secondary N) is 1. The van der Waals surface area contributed by atoms with Gasteiger partial charge in [0, 0.05) is 5.56 Å². The molecule has 0 radical (unpaired) electrons. The highest BCUT2D eigenvalue weighted by molar-refractivity contribution is 5.36. The van der Waals surface area contributed by atoms with E-state index in [0.717, 1.165) is 17.7 Å². The molecule has 0 aromatic heterocycles. The van der Waals surface area contributed by atoms with Crippen LogP contribution in [0.15, 0.2) is 54.6 Å². The van der Waals surface area contributed by atoms with Gasteiger partial charge in [-0.2, -0.15) is 0 Å². The lowest BCUT2D eigenvalue weighted by Crippen LogP contribution is -2.29. The Morgan fingerprint density at radius 3 is 2.39 bits per heavy atom. The maximum absolute atomic E-state index is 5.67. The largest absolute Gasteiger partial charge is 0.496 e. The molecule has 3 heteroatoms. The molecule has 1 unspecified atom stereocenters. The quantitative estimate of drug-likeness (QED) is 0.625. The van der Waals surface area contributed by atoms with Gasteiger partial charge in [0.05, 0.1) is 13.2 Å². The van der Waals surface area contributed by atoms with Crippen LogP contribution >= 0.6 is 0 Å². The zero-order chi connectivity index (χ0) is 12.8. The van der Waals surface area contributed by atoms with E-state index in [-0.39, 0.29) is 6.04 Å².